The highest BCUT2D eigenvalue weighted by atomic mass is 19.2. The molecule has 8 heavy (non-hydrogen) atoms. The molecule has 0 radical (unpaired) electrons. The third-order valence-electron chi connectivity index (χ3n) is 1.45. The number of halogens is 2. The molecule has 0 N–H and O–H groups in total. The predicted octanol–water partition coefficient (Wildman–Crippen LogP) is 2.46. The maximum atomic E-state index is 11.7. The van der Waals surface area contributed by atoms with Crippen LogP contribution >= 0.6 is 0 Å². The highest BCUT2D eigenvalue weighted by Crippen LogP contribution is 2.20. The van der Waals surface area contributed by atoms with E-state index in [-0.39, 0.29) is 5.92 Å². The minimum Gasteiger partial charge on any atom is -0.287 e. The van der Waals surface area contributed by atoms with Gasteiger partial charge in [0.15, 0.2) is 0 Å². The van der Waals surface area contributed by atoms with Crippen LogP contribution in [-0.4, -0.2) is 7.27 Å². The van der Waals surface area contributed by atoms with Crippen molar-refractivity contribution < 1.29 is 8.63 Å². The van der Waals surface area contributed by atoms with Gasteiger partial charge in [-0.15, -0.1) is 0 Å². The summed E-state index contributed by atoms with van der Waals surface area (Å²) in [4.78, 5) is 0. The molecule has 0 saturated carbocycles. The highest BCUT2D eigenvalue weighted by molar-refractivity contribution is 6.44. The van der Waals surface area contributed by atoms with Gasteiger partial charge in [-0.05, 0) is 5.92 Å². The van der Waals surface area contributed by atoms with Crippen LogP contribution < -0.4 is 0 Å². The summed E-state index contributed by atoms with van der Waals surface area (Å²) >= 11 is 0. The average Bonchev–Trinajstić information content (AvgIpc) is 1.64. The number of hydrogen-bond donors (Lipinski definition) is 0. The Morgan fingerprint density at radius 1 is 1.12 bits per heavy atom. The first-order valence-electron chi connectivity index (χ1n) is 2.84. The lowest BCUT2D eigenvalue weighted by Crippen LogP contribution is -2.11. The summed E-state index contributed by atoms with van der Waals surface area (Å²) in [6.45, 7) is 5.17. The van der Waals surface area contributed by atoms with E-state index in [2.05, 4.69) is 0 Å². The molecule has 0 nitrogen and oxygen atoms in total. The zero-order chi connectivity index (χ0) is 6.73. The Labute approximate surface area is 49.5 Å². The van der Waals surface area contributed by atoms with Crippen LogP contribution in [0.15, 0.2) is 0 Å². The maximum absolute atomic E-state index is 11.7. The van der Waals surface area contributed by atoms with E-state index in [4.69, 9.17) is 0 Å². The topological polar surface area (TPSA) is 0 Å². The van der Waals surface area contributed by atoms with E-state index in [1.54, 1.807) is 20.8 Å². The third kappa shape index (κ3) is 2.29. The van der Waals surface area contributed by atoms with E-state index in [1.807, 2.05) is 0 Å². The molecule has 0 aromatic rings. The van der Waals surface area contributed by atoms with Crippen molar-refractivity contribution in [2.45, 2.75) is 26.6 Å². The molecule has 0 rings (SSSR count). The monoisotopic (exact) mass is 120 g/mol. The van der Waals surface area contributed by atoms with Crippen LogP contribution in [-0.2, 0) is 0 Å². The molecule has 0 fully saturated rings. The minimum atomic E-state index is -2.16. The molecular formula is C5H11BF2. The summed E-state index contributed by atoms with van der Waals surface area (Å²) in [6, 6.07) is 0. The second-order valence-electron chi connectivity index (χ2n) is 2.44. The maximum Gasteiger partial charge on any atom is 0.541 e. The Morgan fingerprint density at radius 2 is 1.50 bits per heavy atom. The molecule has 0 aromatic heterocycles. The third-order valence-corrected chi connectivity index (χ3v) is 1.45. The molecule has 3 heteroatoms. The standard InChI is InChI=1S/C5H11BF2/c1-4(2)5(3)6(7)8/h4-5H,1-3H3/t5-/m1/s1. The van der Waals surface area contributed by atoms with Crippen LogP contribution in [0.25, 0.3) is 0 Å². The Kier molecular flexibility index (Phi) is 3.02. The largest absolute Gasteiger partial charge is 0.541 e. The lowest BCUT2D eigenvalue weighted by molar-refractivity contribution is 0.525. The van der Waals surface area contributed by atoms with Gasteiger partial charge in [0.1, 0.15) is 0 Å². The molecule has 1 atom stereocenters. The van der Waals surface area contributed by atoms with Crippen LogP contribution in [0.2, 0.25) is 5.82 Å². The highest BCUT2D eigenvalue weighted by Gasteiger charge is 2.24. The van der Waals surface area contributed by atoms with E-state index in [9.17, 15) is 8.63 Å². The second-order valence-corrected chi connectivity index (χ2v) is 2.44. The molecule has 0 amide bonds. The molecule has 0 aromatic carbocycles. The van der Waals surface area contributed by atoms with Crippen LogP contribution in [0, 0.1) is 5.92 Å². The zero-order valence-corrected chi connectivity index (χ0v) is 5.49. The van der Waals surface area contributed by atoms with Crippen LogP contribution in [0.3, 0.4) is 0 Å². The SMILES string of the molecule is CC(C)[C@@H](C)B(F)F. The fourth-order valence-corrected chi connectivity index (χ4v) is 0.291. The van der Waals surface area contributed by atoms with E-state index in [0.717, 1.165) is 0 Å². The number of rotatable bonds is 2. The number of hydrogen-bond acceptors (Lipinski definition) is 0. The van der Waals surface area contributed by atoms with Crippen molar-refractivity contribution in [3.8, 4) is 0 Å². The van der Waals surface area contributed by atoms with Crippen molar-refractivity contribution in [1.29, 1.82) is 0 Å². The average molecular weight is 120 g/mol. The van der Waals surface area contributed by atoms with Crippen LogP contribution in [0.5, 0.6) is 0 Å². The molecule has 0 saturated heterocycles. The Bertz CT molecular complexity index is 55.4. The fraction of sp³-hybridized carbons (Fsp3) is 1.00. The van der Waals surface area contributed by atoms with Crippen molar-refractivity contribution in [1.82, 2.24) is 0 Å². The van der Waals surface area contributed by atoms with Gasteiger partial charge in [-0.3, -0.25) is 8.63 Å². The first-order chi connectivity index (χ1) is 3.55. The zero-order valence-electron chi connectivity index (χ0n) is 5.49. The van der Waals surface area contributed by atoms with Crippen molar-refractivity contribution >= 4 is 7.27 Å². The van der Waals surface area contributed by atoms with E-state index < -0.39 is 13.1 Å². The Balaban J connectivity index is 3.46. The van der Waals surface area contributed by atoms with Crippen molar-refractivity contribution in [2.24, 2.45) is 5.92 Å². The molecule has 0 heterocycles. The van der Waals surface area contributed by atoms with Gasteiger partial charge >= 0.3 is 7.27 Å². The van der Waals surface area contributed by atoms with Gasteiger partial charge in [-0.2, -0.15) is 0 Å². The van der Waals surface area contributed by atoms with Gasteiger partial charge in [0.2, 0.25) is 0 Å². The first-order valence-corrected chi connectivity index (χ1v) is 2.84. The van der Waals surface area contributed by atoms with Crippen LogP contribution in [0.1, 0.15) is 20.8 Å². The van der Waals surface area contributed by atoms with Gasteiger partial charge in [-0.1, -0.05) is 20.8 Å². The normalized spacial score (nSPS) is 14.2. The molecule has 0 aliphatic heterocycles. The quantitative estimate of drug-likeness (QED) is 0.491. The van der Waals surface area contributed by atoms with Gasteiger partial charge in [-0.25, -0.2) is 0 Å². The summed E-state index contributed by atoms with van der Waals surface area (Å²) in [6.07, 6.45) is 0. The summed E-state index contributed by atoms with van der Waals surface area (Å²) in [7, 11) is -2.16. The Hall–Kier alpha value is -0.0751. The van der Waals surface area contributed by atoms with E-state index in [0.29, 0.717) is 0 Å². The summed E-state index contributed by atoms with van der Waals surface area (Å²) in [5, 5.41) is 0. The summed E-state index contributed by atoms with van der Waals surface area (Å²) < 4.78 is 23.4. The van der Waals surface area contributed by atoms with Crippen molar-refractivity contribution in [2.75, 3.05) is 0 Å². The Morgan fingerprint density at radius 3 is 1.50 bits per heavy atom. The molecule has 48 valence electrons. The van der Waals surface area contributed by atoms with E-state index in [1.165, 1.54) is 0 Å². The van der Waals surface area contributed by atoms with Gasteiger partial charge in [0, 0.05) is 5.82 Å². The molecule has 0 bridgehead atoms. The lowest BCUT2D eigenvalue weighted by Gasteiger charge is -2.09. The molecule has 0 spiro atoms. The summed E-state index contributed by atoms with van der Waals surface area (Å²) in [5.41, 5.74) is 0. The van der Waals surface area contributed by atoms with Crippen molar-refractivity contribution in [3.63, 3.8) is 0 Å². The minimum absolute atomic E-state index is 0.0926. The lowest BCUT2D eigenvalue weighted by atomic mass is 9.72. The van der Waals surface area contributed by atoms with Gasteiger partial charge in [0.25, 0.3) is 0 Å². The fourth-order valence-electron chi connectivity index (χ4n) is 0.291. The van der Waals surface area contributed by atoms with Gasteiger partial charge < -0.3 is 0 Å². The molecule has 0 unspecified atom stereocenters. The molecular weight excluding hydrogens is 109 g/mol. The molecule has 0 aliphatic carbocycles. The second kappa shape index (κ2) is 3.05. The summed E-state index contributed by atoms with van der Waals surface area (Å²) in [5.74, 6) is -0.370. The van der Waals surface area contributed by atoms with Crippen molar-refractivity contribution in [3.05, 3.63) is 0 Å². The molecule has 0 aliphatic rings. The first kappa shape index (κ1) is 7.92. The van der Waals surface area contributed by atoms with Crippen LogP contribution in [0.4, 0.5) is 8.63 Å². The van der Waals surface area contributed by atoms with Gasteiger partial charge in [0.05, 0.1) is 0 Å². The predicted molar refractivity (Wildman–Crippen MR) is 32.2 cm³/mol. The smallest absolute Gasteiger partial charge is 0.287 e. The van der Waals surface area contributed by atoms with E-state index >= 15 is 0 Å².